The molecule has 0 saturated carbocycles. The van der Waals surface area contributed by atoms with E-state index in [2.05, 4.69) is 29.0 Å². The summed E-state index contributed by atoms with van der Waals surface area (Å²) in [7, 11) is -1.64. The molecule has 0 aliphatic heterocycles. The van der Waals surface area contributed by atoms with E-state index >= 15 is 0 Å². The SMILES string of the molecule is Cc1ccc(C(=O)N(C)CCc2cccc3ccccc23)cc1NS(C)(=O)=O. The van der Waals surface area contributed by atoms with Crippen molar-refractivity contribution in [2.45, 2.75) is 13.3 Å². The Hall–Kier alpha value is -2.86. The average molecular weight is 397 g/mol. The number of benzene rings is 3. The standard InChI is InChI=1S/C22H24N2O3S/c1-16-11-12-19(15-21(16)23-28(3,26)27)22(25)24(2)14-13-18-9-6-8-17-7-4-5-10-20(17)18/h4-12,15,23H,13-14H2,1-3H3. The third kappa shape index (κ3) is 4.70. The largest absolute Gasteiger partial charge is 0.341 e. The first-order chi connectivity index (χ1) is 13.2. The van der Waals surface area contributed by atoms with Crippen LogP contribution >= 0.6 is 0 Å². The Morgan fingerprint density at radius 1 is 1.04 bits per heavy atom. The van der Waals surface area contributed by atoms with Gasteiger partial charge in [-0.15, -0.1) is 0 Å². The molecule has 0 aliphatic rings. The van der Waals surface area contributed by atoms with Crippen molar-refractivity contribution in [2.75, 3.05) is 24.6 Å². The number of likely N-dealkylation sites (N-methyl/N-ethyl adjacent to an activating group) is 1. The predicted molar refractivity (Wildman–Crippen MR) is 114 cm³/mol. The molecule has 146 valence electrons. The summed E-state index contributed by atoms with van der Waals surface area (Å²) in [6.07, 6.45) is 1.83. The van der Waals surface area contributed by atoms with E-state index in [4.69, 9.17) is 0 Å². The van der Waals surface area contributed by atoms with Gasteiger partial charge in [0.1, 0.15) is 0 Å². The summed E-state index contributed by atoms with van der Waals surface area (Å²) in [5.74, 6) is -0.142. The number of fused-ring (bicyclic) bond motifs is 1. The van der Waals surface area contributed by atoms with E-state index < -0.39 is 10.0 Å². The monoisotopic (exact) mass is 396 g/mol. The van der Waals surface area contributed by atoms with Gasteiger partial charge in [-0.25, -0.2) is 8.42 Å². The Balaban J connectivity index is 1.75. The maximum Gasteiger partial charge on any atom is 0.253 e. The lowest BCUT2D eigenvalue weighted by Gasteiger charge is -2.19. The highest BCUT2D eigenvalue weighted by Crippen LogP contribution is 2.21. The zero-order chi connectivity index (χ0) is 20.3. The van der Waals surface area contributed by atoms with E-state index in [9.17, 15) is 13.2 Å². The minimum Gasteiger partial charge on any atom is -0.341 e. The fourth-order valence-corrected chi connectivity index (χ4v) is 3.80. The number of nitrogens with zero attached hydrogens (tertiary/aromatic N) is 1. The van der Waals surface area contributed by atoms with E-state index in [0.717, 1.165) is 18.2 Å². The number of rotatable bonds is 6. The zero-order valence-corrected chi connectivity index (χ0v) is 17.1. The number of hydrogen-bond acceptors (Lipinski definition) is 3. The highest BCUT2D eigenvalue weighted by atomic mass is 32.2. The molecule has 0 spiro atoms. The molecule has 0 saturated heterocycles. The van der Waals surface area contributed by atoms with Gasteiger partial charge in [0.15, 0.2) is 0 Å². The molecule has 0 aliphatic carbocycles. The minimum absolute atomic E-state index is 0.142. The van der Waals surface area contributed by atoms with Crippen LogP contribution in [0.1, 0.15) is 21.5 Å². The van der Waals surface area contributed by atoms with Crippen LogP contribution in [0.15, 0.2) is 60.7 Å². The molecular formula is C22H24N2O3S. The van der Waals surface area contributed by atoms with Crippen LogP contribution in [0, 0.1) is 6.92 Å². The van der Waals surface area contributed by atoms with Crippen molar-refractivity contribution in [3.63, 3.8) is 0 Å². The molecule has 1 amide bonds. The number of carbonyl (C=O) groups excluding carboxylic acids is 1. The third-order valence-electron chi connectivity index (χ3n) is 4.72. The van der Waals surface area contributed by atoms with Gasteiger partial charge >= 0.3 is 0 Å². The van der Waals surface area contributed by atoms with Crippen LogP contribution in [-0.2, 0) is 16.4 Å². The lowest BCUT2D eigenvalue weighted by molar-refractivity contribution is 0.0796. The summed E-state index contributed by atoms with van der Waals surface area (Å²) in [5, 5.41) is 2.38. The van der Waals surface area contributed by atoms with Crippen LogP contribution in [-0.4, -0.2) is 39.1 Å². The van der Waals surface area contributed by atoms with E-state index in [0.29, 0.717) is 17.8 Å². The van der Waals surface area contributed by atoms with Crippen LogP contribution in [0.25, 0.3) is 10.8 Å². The second-order valence-electron chi connectivity index (χ2n) is 7.02. The summed E-state index contributed by atoms with van der Waals surface area (Å²) in [6, 6.07) is 19.5. The first-order valence-corrected chi connectivity index (χ1v) is 10.9. The molecule has 0 radical (unpaired) electrons. The molecule has 3 aromatic rings. The maximum atomic E-state index is 12.8. The Bertz CT molecular complexity index is 1120. The highest BCUT2D eigenvalue weighted by molar-refractivity contribution is 7.92. The van der Waals surface area contributed by atoms with E-state index in [1.54, 1.807) is 37.1 Å². The number of nitrogens with one attached hydrogen (secondary N) is 1. The lowest BCUT2D eigenvalue weighted by atomic mass is 10.0. The predicted octanol–water partition coefficient (Wildman–Crippen LogP) is 3.83. The van der Waals surface area contributed by atoms with Crippen molar-refractivity contribution in [3.05, 3.63) is 77.4 Å². The molecule has 28 heavy (non-hydrogen) atoms. The smallest absolute Gasteiger partial charge is 0.253 e. The van der Waals surface area contributed by atoms with E-state index in [1.165, 1.54) is 16.3 Å². The molecule has 5 nitrogen and oxygen atoms in total. The maximum absolute atomic E-state index is 12.8. The van der Waals surface area contributed by atoms with Crippen molar-refractivity contribution < 1.29 is 13.2 Å². The lowest BCUT2D eigenvalue weighted by Crippen LogP contribution is -2.29. The van der Waals surface area contributed by atoms with Gasteiger partial charge in [-0.2, -0.15) is 0 Å². The molecular weight excluding hydrogens is 372 g/mol. The van der Waals surface area contributed by atoms with Crippen molar-refractivity contribution in [1.29, 1.82) is 0 Å². The van der Waals surface area contributed by atoms with E-state index in [-0.39, 0.29) is 5.91 Å². The number of aryl methyl sites for hydroxylation is 1. The summed E-state index contributed by atoms with van der Waals surface area (Å²) in [4.78, 5) is 14.5. The fourth-order valence-electron chi connectivity index (χ4n) is 3.19. The summed E-state index contributed by atoms with van der Waals surface area (Å²) in [6.45, 7) is 2.36. The van der Waals surface area contributed by atoms with Gasteiger partial charge < -0.3 is 4.90 Å². The third-order valence-corrected chi connectivity index (χ3v) is 5.31. The molecule has 6 heteroatoms. The molecule has 3 aromatic carbocycles. The Kier molecular flexibility index (Phi) is 5.70. The molecule has 0 atom stereocenters. The van der Waals surface area contributed by atoms with Crippen molar-refractivity contribution in [2.24, 2.45) is 0 Å². The number of sulfonamides is 1. The average Bonchev–Trinajstić information content (AvgIpc) is 2.66. The summed E-state index contributed by atoms with van der Waals surface area (Å²) < 4.78 is 25.5. The molecule has 0 unspecified atom stereocenters. The Morgan fingerprint density at radius 2 is 1.75 bits per heavy atom. The van der Waals surface area contributed by atoms with Crippen LogP contribution < -0.4 is 4.72 Å². The van der Waals surface area contributed by atoms with Gasteiger partial charge in [0.25, 0.3) is 5.91 Å². The molecule has 0 bridgehead atoms. The molecule has 1 N–H and O–H groups in total. The minimum atomic E-state index is -3.40. The van der Waals surface area contributed by atoms with Gasteiger partial charge in [-0.1, -0.05) is 48.5 Å². The molecule has 0 fully saturated rings. The van der Waals surface area contributed by atoms with Crippen molar-refractivity contribution >= 4 is 32.4 Å². The Morgan fingerprint density at radius 3 is 2.50 bits per heavy atom. The van der Waals surface area contributed by atoms with Gasteiger partial charge in [0.05, 0.1) is 11.9 Å². The van der Waals surface area contributed by atoms with Crippen LogP contribution in [0.2, 0.25) is 0 Å². The summed E-state index contributed by atoms with van der Waals surface area (Å²) >= 11 is 0. The second kappa shape index (κ2) is 8.02. The number of amides is 1. The molecule has 0 aromatic heterocycles. The van der Waals surface area contributed by atoms with Crippen LogP contribution in [0.5, 0.6) is 0 Å². The number of hydrogen-bond donors (Lipinski definition) is 1. The molecule has 3 rings (SSSR count). The molecule has 0 heterocycles. The summed E-state index contributed by atoms with van der Waals surface area (Å²) in [5.41, 5.74) is 2.84. The van der Waals surface area contributed by atoms with Crippen molar-refractivity contribution in [1.82, 2.24) is 4.90 Å². The van der Waals surface area contributed by atoms with Crippen LogP contribution in [0.3, 0.4) is 0 Å². The Labute approximate surface area is 166 Å². The van der Waals surface area contributed by atoms with Crippen LogP contribution in [0.4, 0.5) is 5.69 Å². The second-order valence-corrected chi connectivity index (χ2v) is 8.77. The van der Waals surface area contributed by atoms with Gasteiger partial charge in [-0.3, -0.25) is 9.52 Å². The van der Waals surface area contributed by atoms with Gasteiger partial charge in [0, 0.05) is 19.2 Å². The van der Waals surface area contributed by atoms with Gasteiger partial charge in [-0.05, 0) is 47.4 Å². The topological polar surface area (TPSA) is 66.5 Å². The highest BCUT2D eigenvalue weighted by Gasteiger charge is 2.15. The zero-order valence-electron chi connectivity index (χ0n) is 16.3. The number of anilines is 1. The van der Waals surface area contributed by atoms with E-state index in [1.807, 2.05) is 18.2 Å². The quantitative estimate of drug-likeness (QED) is 0.688. The number of carbonyl (C=O) groups is 1. The fraction of sp³-hybridized carbons (Fsp3) is 0.227. The van der Waals surface area contributed by atoms with Gasteiger partial charge in [0.2, 0.25) is 10.0 Å². The van der Waals surface area contributed by atoms with Crippen molar-refractivity contribution in [3.8, 4) is 0 Å². The first kappa shape index (κ1) is 19.9. The normalized spacial score (nSPS) is 11.4. The first-order valence-electron chi connectivity index (χ1n) is 9.05.